The lowest BCUT2D eigenvalue weighted by Crippen LogP contribution is -2.43. The molecule has 0 N–H and O–H groups in total. The number of carbonyl (C=O) groups is 4. The molecule has 42 heavy (non-hydrogen) atoms. The molecule has 0 radical (unpaired) electrons. The molecule has 0 spiro atoms. The van der Waals surface area contributed by atoms with Crippen LogP contribution in [0.2, 0.25) is 0 Å². The molecule has 4 heterocycles. The number of benzene rings is 2. The number of anilines is 1. The first-order chi connectivity index (χ1) is 20.3. The number of thioether (sulfide) groups is 1. The van der Waals surface area contributed by atoms with Gasteiger partial charge in [0.2, 0.25) is 17.7 Å². The smallest absolute Gasteiger partial charge is 0.338 e. The van der Waals surface area contributed by atoms with E-state index in [1.807, 2.05) is 24.3 Å². The number of morpholine rings is 1. The first kappa shape index (κ1) is 28.8. The first-order valence-electron chi connectivity index (χ1n) is 13.4. The van der Waals surface area contributed by atoms with Crippen molar-refractivity contribution in [3.05, 3.63) is 78.7 Å². The molecular weight excluding hydrogens is 646 g/mol. The Labute approximate surface area is 257 Å². The summed E-state index contributed by atoms with van der Waals surface area (Å²) in [7, 11) is 0. The van der Waals surface area contributed by atoms with Crippen LogP contribution < -0.4 is 9.77 Å². The van der Waals surface area contributed by atoms with E-state index in [-0.39, 0.29) is 29.8 Å². The van der Waals surface area contributed by atoms with Crippen LogP contribution in [-0.2, 0) is 30.4 Å². The Kier molecular flexibility index (Phi) is 8.09. The van der Waals surface area contributed by atoms with Crippen molar-refractivity contribution in [1.29, 1.82) is 0 Å². The first-order valence-corrected chi connectivity index (χ1v) is 15.9. The summed E-state index contributed by atoms with van der Waals surface area (Å²) >= 11 is 5.70. The molecule has 3 aliphatic rings. The number of aromatic nitrogens is 1. The monoisotopic (exact) mass is 671 g/mol. The molecule has 10 nitrogen and oxygen atoms in total. The zero-order chi connectivity index (χ0) is 29.5. The van der Waals surface area contributed by atoms with Crippen molar-refractivity contribution < 1.29 is 28.7 Å². The van der Waals surface area contributed by atoms with Crippen LogP contribution in [0.4, 0.5) is 5.69 Å². The van der Waals surface area contributed by atoms with E-state index in [9.17, 15) is 24.0 Å². The Hall–Kier alpha value is -3.26. The molecular formula is C29H26BrN3O7S2. The van der Waals surface area contributed by atoms with Gasteiger partial charge in [0.15, 0.2) is 0 Å². The summed E-state index contributed by atoms with van der Waals surface area (Å²) in [4.78, 5) is 69.8. The van der Waals surface area contributed by atoms with Crippen molar-refractivity contribution in [1.82, 2.24) is 9.47 Å². The Bertz CT molecular complexity index is 1630. The third-order valence-corrected chi connectivity index (χ3v) is 10.6. The molecule has 6 rings (SSSR count). The summed E-state index contributed by atoms with van der Waals surface area (Å²) < 4.78 is 12.6. The predicted molar refractivity (Wildman–Crippen MR) is 160 cm³/mol. The van der Waals surface area contributed by atoms with E-state index in [0.717, 1.165) is 21.4 Å². The van der Waals surface area contributed by atoms with Crippen LogP contribution in [0.25, 0.3) is 0 Å². The van der Waals surface area contributed by atoms with Gasteiger partial charge in [0.25, 0.3) is 0 Å². The molecule has 3 aliphatic heterocycles. The summed E-state index contributed by atoms with van der Waals surface area (Å²) in [6, 6.07) is 13.7. The molecule has 3 amide bonds. The van der Waals surface area contributed by atoms with Gasteiger partial charge in [-0.15, -0.1) is 0 Å². The SMILES string of the molecule is CCOC(=O)c1ccc(N2C(=O)[C@H]3[C@H](c4cccc(Br)c4)c4sc(=O)n(CC(=O)N5CCOCC5)c4S[C@H]3C2=O)cc1. The maximum atomic E-state index is 14.1. The summed E-state index contributed by atoms with van der Waals surface area (Å²) in [6.45, 7) is 3.59. The van der Waals surface area contributed by atoms with E-state index in [0.29, 0.717) is 47.5 Å². The zero-order valence-electron chi connectivity index (χ0n) is 22.5. The average Bonchev–Trinajstić information content (AvgIpc) is 3.43. The number of esters is 1. The molecule has 13 heteroatoms. The van der Waals surface area contributed by atoms with Crippen LogP contribution in [-0.4, -0.2) is 71.3 Å². The van der Waals surface area contributed by atoms with Gasteiger partial charge in [-0.05, 0) is 48.9 Å². The summed E-state index contributed by atoms with van der Waals surface area (Å²) in [5, 5.41) is -0.268. The van der Waals surface area contributed by atoms with E-state index in [1.54, 1.807) is 24.0 Å². The Morgan fingerprint density at radius 3 is 2.48 bits per heavy atom. The lowest BCUT2D eigenvalue weighted by atomic mass is 9.83. The second-order valence-electron chi connectivity index (χ2n) is 9.99. The van der Waals surface area contributed by atoms with Crippen molar-refractivity contribution in [2.75, 3.05) is 37.8 Å². The van der Waals surface area contributed by atoms with Crippen molar-refractivity contribution in [3.8, 4) is 0 Å². The summed E-state index contributed by atoms with van der Waals surface area (Å²) in [5.74, 6) is -2.81. The zero-order valence-corrected chi connectivity index (χ0v) is 25.7. The normalized spacial score (nSPS) is 21.7. The topological polar surface area (TPSA) is 115 Å². The minimum atomic E-state index is -0.808. The fourth-order valence-corrected chi connectivity index (χ4v) is 8.77. The largest absolute Gasteiger partial charge is 0.462 e. The minimum Gasteiger partial charge on any atom is -0.462 e. The number of rotatable bonds is 6. The molecule has 3 atom stereocenters. The van der Waals surface area contributed by atoms with Crippen molar-refractivity contribution >= 4 is 68.4 Å². The molecule has 3 aromatic rings. The van der Waals surface area contributed by atoms with Crippen molar-refractivity contribution in [2.24, 2.45) is 5.92 Å². The standard InChI is InChI=1S/C29H26BrN3O7S2/c1-2-40-28(37)16-6-8-19(9-7-16)33-25(35)22-21(17-4-3-5-18(30)14-17)24-27(41-23(22)26(33)36)32(29(38)42-24)15-20(34)31-10-12-39-13-11-31/h3-9,14,21-23H,2,10-13,15H2,1H3/t21-,22-,23+/m0/s1. The van der Waals surface area contributed by atoms with E-state index in [2.05, 4.69) is 15.9 Å². The highest BCUT2D eigenvalue weighted by Crippen LogP contribution is 2.54. The lowest BCUT2D eigenvalue weighted by molar-refractivity contribution is -0.136. The molecule has 2 saturated heterocycles. The predicted octanol–water partition coefficient (Wildman–Crippen LogP) is 3.50. The molecule has 0 saturated carbocycles. The van der Waals surface area contributed by atoms with Crippen LogP contribution in [0.5, 0.6) is 0 Å². The van der Waals surface area contributed by atoms with Crippen LogP contribution in [0, 0.1) is 5.92 Å². The third-order valence-electron chi connectivity index (χ3n) is 7.55. The number of imide groups is 1. The number of fused-ring (bicyclic) bond motifs is 2. The van der Waals surface area contributed by atoms with Crippen LogP contribution in [0.3, 0.4) is 0 Å². The number of hydrogen-bond acceptors (Lipinski definition) is 9. The molecule has 2 aromatic carbocycles. The highest BCUT2D eigenvalue weighted by molar-refractivity contribution is 9.10. The van der Waals surface area contributed by atoms with Crippen molar-refractivity contribution in [3.63, 3.8) is 0 Å². The minimum absolute atomic E-state index is 0.151. The van der Waals surface area contributed by atoms with E-state index in [1.165, 1.54) is 33.4 Å². The number of carbonyl (C=O) groups excluding carboxylic acids is 4. The van der Waals surface area contributed by atoms with Gasteiger partial charge in [-0.1, -0.05) is 51.2 Å². The van der Waals surface area contributed by atoms with Gasteiger partial charge in [-0.2, -0.15) is 0 Å². The van der Waals surface area contributed by atoms with Crippen LogP contribution in [0.15, 0.2) is 62.8 Å². The Morgan fingerprint density at radius 2 is 1.79 bits per heavy atom. The summed E-state index contributed by atoms with van der Waals surface area (Å²) in [5.41, 5.74) is 1.45. The molecule has 0 unspecified atom stereocenters. The highest BCUT2D eigenvalue weighted by atomic mass is 79.9. The van der Waals surface area contributed by atoms with Gasteiger partial charge < -0.3 is 14.4 Å². The fourth-order valence-electron chi connectivity index (χ4n) is 5.58. The van der Waals surface area contributed by atoms with Gasteiger partial charge >= 0.3 is 10.8 Å². The van der Waals surface area contributed by atoms with Gasteiger partial charge in [0.1, 0.15) is 11.8 Å². The second kappa shape index (κ2) is 11.8. The molecule has 0 bridgehead atoms. The lowest BCUT2D eigenvalue weighted by Gasteiger charge is -2.31. The number of ether oxygens (including phenoxy) is 2. The van der Waals surface area contributed by atoms with E-state index in [4.69, 9.17) is 9.47 Å². The molecule has 2 fully saturated rings. The summed E-state index contributed by atoms with van der Waals surface area (Å²) in [6.07, 6.45) is 0. The maximum Gasteiger partial charge on any atom is 0.338 e. The van der Waals surface area contributed by atoms with Gasteiger partial charge in [0, 0.05) is 28.4 Å². The second-order valence-corrected chi connectivity index (χ2v) is 13.0. The third kappa shape index (κ3) is 5.12. The van der Waals surface area contributed by atoms with Gasteiger partial charge in [-0.3, -0.25) is 23.7 Å². The van der Waals surface area contributed by atoms with Crippen LogP contribution in [0.1, 0.15) is 33.6 Å². The average molecular weight is 673 g/mol. The van der Waals surface area contributed by atoms with Crippen LogP contribution >= 0.6 is 39.0 Å². The Morgan fingerprint density at radius 1 is 1.05 bits per heavy atom. The quantitative estimate of drug-likeness (QED) is 0.289. The van der Waals surface area contributed by atoms with Gasteiger partial charge in [-0.25, -0.2) is 9.69 Å². The number of halogens is 1. The number of hydrogen-bond donors (Lipinski definition) is 0. The fraction of sp³-hybridized carbons (Fsp3) is 0.345. The number of nitrogens with zero attached hydrogens (tertiary/aromatic N) is 3. The highest BCUT2D eigenvalue weighted by Gasteiger charge is 2.57. The molecule has 0 aliphatic carbocycles. The van der Waals surface area contributed by atoms with Gasteiger partial charge in [0.05, 0.1) is 42.0 Å². The van der Waals surface area contributed by atoms with E-state index >= 15 is 0 Å². The van der Waals surface area contributed by atoms with Crippen molar-refractivity contribution in [2.45, 2.75) is 29.7 Å². The number of amides is 3. The maximum absolute atomic E-state index is 14.1. The number of thiazole rings is 1. The molecule has 1 aromatic heterocycles. The molecule has 218 valence electrons. The van der Waals surface area contributed by atoms with E-state index < -0.39 is 29.0 Å². The Balaban J connectivity index is 1.39.